The molecular weight excluding hydrogens is 501 g/mol. The minimum atomic E-state index is -1.47. The largest absolute Gasteiger partial charge is 1.00 e. The van der Waals surface area contributed by atoms with Crippen molar-refractivity contribution in [2.24, 2.45) is 5.92 Å². The van der Waals surface area contributed by atoms with Gasteiger partial charge in [0.05, 0.1) is 43.5 Å². The van der Waals surface area contributed by atoms with Crippen molar-refractivity contribution in [1.29, 1.82) is 0 Å². The molecule has 1 N–H and O–H groups in total. The molecule has 0 radical (unpaired) electrons. The van der Waals surface area contributed by atoms with Crippen molar-refractivity contribution in [3.8, 4) is 11.5 Å². The van der Waals surface area contributed by atoms with Gasteiger partial charge in [0.15, 0.2) is 11.5 Å². The number of carbonyl (C=O) groups is 3. The minimum absolute atomic E-state index is 0. The number of carboxylic acids is 1. The molecule has 2 aliphatic heterocycles. The number of ether oxygens (including phenoxy) is 3. The average Bonchev–Trinajstić information content (AvgIpc) is 3.17. The van der Waals surface area contributed by atoms with Gasteiger partial charge in [0, 0.05) is 4.91 Å². The Bertz CT molecular complexity index is 1180. The molecule has 0 aromatic heterocycles. The van der Waals surface area contributed by atoms with Crippen molar-refractivity contribution in [2.75, 3.05) is 14.2 Å². The molecule has 4 rings (SSSR count). The van der Waals surface area contributed by atoms with Gasteiger partial charge >= 0.3 is 57.4 Å². The summed E-state index contributed by atoms with van der Waals surface area (Å²) in [5.74, 6) is -2.06. The summed E-state index contributed by atoms with van der Waals surface area (Å²) >= 11 is 1.18. The van der Waals surface area contributed by atoms with E-state index < -0.39 is 35.2 Å². The zero-order chi connectivity index (χ0) is 24.6. The normalized spacial score (nSPS) is 19.3. The van der Waals surface area contributed by atoms with Crippen molar-refractivity contribution < 1.29 is 90.2 Å². The van der Waals surface area contributed by atoms with Gasteiger partial charge < -0.3 is 29.2 Å². The van der Waals surface area contributed by atoms with Gasteiger partial charge in [-0.3, -0.25) is 9.69 Å². The van der Waals surface area contributed by atoms with Crippen LogP contribution in [0.1, 0.15) is 28.4 Å². The van der Waals surface area contributed by atoms with Gasteiger partial charge in [-0.15, -0.1) is 0 Å². The first-order valence-electron chi connectivity index (χ1n) is 10.4. The number of thioether (sulfide) groups is 1. The third-order valence-electron chi connectivity index (χ3n) is 5.69. The number of benzene rings is 2. The zero-order valence-corrected chi connectivity index (χ0v) is 23.6. The smallest absolute Gasteiger partial charge is 0.543 e. The number of aliphatic hydroxyl groups is 1. The summed E-state index contributed by atoms with van der Waals surface area (Å²) in [5, 5.41) is 21.1. The summed E-state index contributed by atoms with van der Waals surface area (Å²) in [7, 11) is 3.05. The molecule has 1 fully saturated rings. The van der Waals surface area contributed by atoms with Gasteiger partial charge in [0.2, 0.25) is 5.91 Å². The van der Waals surface area contributed by atoms with Crippen LogP contribution in [0.4, 0.5) is 0 Å². The molecule has 1 saturated heterocycles. The maximum Gasteiger partial charge on any atom is 1.00 e. The van der Waals surface area contributed by atoms with Crippen molar-refractivity contribution in [3.63, 3.8) is 0 Å². The first kappa shape index (κ1) is 27.7. The van der Waals surface area contributed by atoms with Crippen LogP contribution in [0.25, 0.3) is 4.91 Å². The van der Waals surface area contributed by atoms with E-state index in [2.05, 4.69) is 0 Å². The molecule has 0 aliphatic carbocycles. The average molecular weight is 524 g/mol. The summed E-state index contributed by atoms with van der Waals surface area (Å²) in [4.78, 5) is 38.1. The molecule has 178 valence electrons. The Morgan fingerprint density at radius 1 is 1.11 bits per heavy atom. The molecule has 2 aromatic rings. The number of nitrogens with zero attached hydrogens (tertiary/aromatic N) is 1. The minimum Gasteiger partial charge on any atom is -0.543 e. The van der Waals surface area contributed by atoms with Gasteiger partial charge in [-0.25, -0.2) is 4.79 Å². The van der Waals surface area contributed by atoms with Crippen molar-refractivity contribution in [2.45, 2.75) is 25.0 Å². The standard InChI is InChI=1S/C24H23NO8S.K/c1-12(26)18-21(27)25-19(23(28)29)20(34-22(18)25)14-5-7-15(8-6-14)24(30)33-11-13-4-9-16(31-2)17(10-13)32-3;/h4-10,12,18,22,26H,11H2,1-3H3,(H,28,29);/q;+1/p-1/t12-,18+,22-;/m1./s1. The van der Waals surface area contributed by atoms with E-state index in [9.17, 15) is 24.6 Å². The fraction of sp³-hybridized carbons (Fsp3) is 0.292. The van der Waals surface area contributed by atoms with E-state index in [1.165, 1.54) is 45.0 Å². The van der Waals surface area contributed by atoms with Gasteiger partial charge in [-0.1, -0.05) is 30.0 Å². The van der Waals surface area contributed by atoms with Crippen LogP contribution in [-0.4, -0.2) is 53.5 Å². The Balaban J connectivity index is 0.00000342. The van der Waals surface area contributed by atoms with Crippen LogP contribution in [-0.2, 0) is 20.9 Å². The predicted molar refractivity (Wildman–Crippen MR) is 120 cm³/mol. The van der Waals surface area contributed by atoms with Crippen molar-refractivity contribution in [3.05, 3.63) is 64.9 Å². The van der Waals surface area contributed by atoms with E-state index in [1.807, 2.05) is 0 Å². The van der Waals surface area contributed by atoms with E-state index >= 15 is 0 Å². The Kier molecular flexibility index (Phi) is 9.08. The number of hydrogen-bond donors (Lipinski definition) is 1. The zero-order valence-electron chi connectivity index (χ0n) is 19.6. The third-order valence-corrected chi connectivity index (χ3v) is 7.10. The van der Waals surface area contributed by atoms with E-state index in [4.69, 9.17) is 14.2 Å². The van der Waals surface area contributed by atoms with Crippen LogP contribution in [0.15, 0.2) is 48.2 Å². The SMILES string of the molecule is COc1ccc(COC(=O)c2ccc(C3=C(C(=O)[O-])N4C(=O)[C@H]([C@@H](C)O)[C@H]4S3)cc2)cc1OC.[K+]. The number of aliphatic carboxylic acids is 1. The number of carboxylic acid groups (broad SMARTS) is 1. The molecule has 2 heterocycles. The summed E-state index contributed by atoms with van der Waals surface area (Å²) in [6.07, 6.45) is -0.897. The van der Waals surface area contributed by atoms with Crippen LogP contribution in [0.5, 0.6) is 11.5 Å². The van der Waals surface area contributed by atoms with Crippen LogP contribution in [0.3, 0.4) is 0 Å². The summed E-state index contributed by atoms with van der Waals surface area (Å²) in [6, 6.07) is 11.4. The number of aliphatic hydroxyl groups excluding tert-OH is 1. The van der Waals surface area contributed by atoms with Crippen molar-refractivity contribution in [1.82, 2.24) is 4.90 Å². The first-order valence-corrected chi connectivity index (χ1v) is 11.3. The maximum atomic E-state index is 12.5. The second-order valence-electron chi connectivity index (χ2n) is 7.79. The Hall–Kier alpha value is -1.86. The molecule has 0 bridgehead atoms. The van der Waals surface area contributed by atoms with E-state index in [1.54, 1.807) is 30.3 Å². The van der Waals surface area contributed by atoms with Gasteiger partial charge in [-0.05, 0) is 42.3 Å². The number of amides is 1. The molecule has 0 unspecified atom stereocenters. The molecule has 0 saturated carbocycles. The number of methoxy groups -OCH3 is 2. The molecule has 35 heavy (non-hydrogen) atoms. The monoisotopic (exact) mass is 523 g/mol. The van der Waals surface area contributed by atoms with E-state index in [0.717, 1.165) is 10.5 Å². The number of hydrogen-bond acceptors (Lipinski definition) is 9. The number of carbonyl (C=O) groups excluding carboxylic acids is 3. The van der Waals surface area contributed by atoms with E-state index in [-0.39, 0.29) is 69.3 Å². The first-order chi connectivity index (χ1) is 16.3. The molecule has 2 aliphatic rings. The fourth-order valence-corrected chi connectivity index (χ4v) is 5.55. The number of fused-ring (bicyclic) bond motifs is 1. The number of β-lactam (4-membered cyclic amide) rings is 1. The molecule has 3 atom stereocenters. The second-order valence-corrected chi connectivity index (χ2v) is 8.92. The topological polar surface area (TPSA) is 125 Å². The molecule has 1 amide bonds. The Morgan fingerprint density at radius 3 is 2.34 bits per heavy atom. The quantitative estimate of drug-likeness (QED) is 0.247. The van der Waals surface area contributed by atoms with Crippen LogP contribution in [0, 0.1) is 5.92 Å². The molecule has 11 heteroatoms. The van der Waals surface area contributed by atoms with Crippen molar-refractivity contribution >= 4 is 34.5 Å². The van der Waals surface area contributed by atoms with Gasteiger partial charge in [0.25, 0.3) is 0 Å². The molecule has 0 spiro atoms. The Morgan fingerprint density at radius 2 is 1.77 bits per heavy atom. The molecule has 2 aromatic carbocycles. The Labute approximate surface area is 248 Å². The second kappa shape index (κ2) is 11.5. The summed E-state index contributed by atoms with van der Waals surface area (Å²) < 4.78 is 15.8. The molecule has 9 nitrogen and oxygen atoms in total. The van der Waals surface area contributed by atoms with E-state index in [0.29, 0.717) is 22.0 Å². The van der Waals surface area contributed by atoms with Crippen LogP contribution < -0.4 is 66.0 Å². The third kappa shape index (κ3) is 5.31. The van der Waals surface area contributed by atoms with Crippen LogP contribution >= 0.6 is 11.8 Å². The van der Waals surface area contributed by atoms with Gasteiger partial charge in [0.1, 0.15) is 12.0 Å². The predicted octanol–water partition coefficient (Wildman–Crippen LogP) is -1.60. The van der Waals surface area contributed by atoms with Crippen LogP contribution in [0.2, 0.25) is 0 Å². The fourth-order valence-electron chi connectivity index (χ4n) is 3.94. The van der Waals surface area contributed by atoms with Gasteiger partial charge in [-0.2, -0.15) is 0 Å². The summed E-state index contributed by atoms with van der Waals surface area (Å²) in [6.45, 7) is 1.52. The number of rotatable bonds is 8. The maximum absolute atomic E-state index is 12.5. The summed E-state index contributed by atoms with van der Waals surface area (Å²) in [5.41, 5.74) is 1.30. The molecular formula is C24H22KNO8S. The number of esters is 1.